The summed E-state index contributed by atoms with van der Waals surface area (Å²) in [6.07, 6.45) is 5.52. The third-order valence-corrected chi connectivity index (χ3v) is 3.87. The fraction of sp³-hybridized carbons (Fsp3) is 0.294. The van der Waals surface area contributed by atoms with Gasteiger partial charge in [-0.1, -0.05) is 12.1 Å². The molecule has 2 heterocycles. The van der Waals surface area contributed by atoms with Crippen molar-refractivity contribution in [3.05, 3.63) is 64.1 Å². The lowest BCUT2D eigenvalue weighted by molar-refractivity contribution is 0.102. The van der Waals surface area contributed by atoms with Gasteiger partial charge in [-0.3, -0.25) is 14.5 Å². The molecular weight excluding hydrogens is 278 g/mol. The van der Waals surface area contributed by atoms with E-state index in [4.69, 9.17) is 0 Å². The number of hydrogen-bond acceptors (Lipinski definition) is 3. The van der Waals surface area contributed by atoms with E-state index in [0.29, 0.717) is 5.56 Å². The third kappa shape index (κ3) is 3.43. The summed E-state index contributed by atoms with van der Waals surface area (Å²) in [4.78, 5) is 29.1. The van der Waals surface area contributed by atoms with E-state index in [1.807, 2.05) is 18.2 Å². The van der Waals surface area contributed by atoms with Crippen molar-refractivity contribution in [3.8, 4) is 0 Å². The molecule has 1 aromatic carbocycles. The van der Waals surface area contributed by atoms with E-state index < -0.39 is 0 Å². The molecule has 0 radical (unpaired) electrons. The quantitative estimate of drug-likeness (QED) is 0.909. The summed E-state index contributed by atoms with van der Waals surface area (Å²) in [5.74, 6) is -0.264. The summed E-state index contributed by atoms with van der Waals surface area (Å²) in [7, 11) is 0. The monoisotopic (exact) mass is 297 g/mol. The average molecular weight is 297 g/mol. The summed E-state index contributed by atoms with van der Waals surface area (Å²) in [5, 5.41) is 2.65. The highest BCUT2D eigenvalue weighted by Gasteiger charge is 2.13. The van der Waals surface area contributed by atoms with Gasteiger partial charge in [-0.15, -0.1) is 0 Å². The Morgan fingerprint density at radius 3 is 2.82 bits per heavy atom. The fourth-order valence-electron chi connectivity index (χ4n) is 2.72. The third-order valence-electron chi connectivity index (χ3n) is 3.87. The van der Waals surface area contributed by atoms with Crippen LogP contribution in [-0.2, 0) is 6.54 Å². The zero-order chi connectivity index (χ0) is 15.4. The van der Waals surface area contributed by atoms with Crippen LogP contribution >= 0.6 is 0 Å². The molecule has 3 rings (SSSR count). The van der Waals surface area contributed by atoms with Gasteiger partial charge in [0, 0.05) is 30.6 Å². The van der Waals surface area contributed by atoms with Crippen LogP contribution < -0.4 is 10.7 Å². The van der Waals surface area contributed by atoms with Gasteiger partial charge < -0.3 is 10.3 Å². The lowest BCUT2D eigenvalue weighted by Crippen LogP contribution is -2.20. The van der Waals surface area contributed by atoms with Gasteiger partial charge in [0.2, 0.25) is 5.43 Å². The lowest BCUT2D eigenvalue weighted by Gasteiger charge is -2.15. The van der Waals surface area contributed by atoms with Crippen molar-refractivity contribution in [3.63, 3.8) is 0 Å². The van der Waals surface area contributed by atoms with Gasteiger partial charge in [0.15, 0.2) is 0 Å². The number of anilines is 1. The minimum absolute atomic E-state index is 0.208. The average Bonchev–Trinajstić information content (AvgIpc) is 3.03. The molecule has 1 saturated heterocycles. The highest BCUT2D eigenvalue weighted by atomic mass is 16.2. The van der Waals surface area contributed by atoms with E-state index in [1.165, 1.54) is 31.3 Å². The summed E-state index contributed by atoms with van der Waals surface area (Å²) in [6, 6.07) is 8.96. The molecule has 1 fully saturated rings. The van der Waals surface area contributed by atoms with Crippen LogP contribution in [0.4, 0.5) is 5.69 Å². The number of carbonyl (C=O) groups excluding carboxylic acids is 1. The van der Waals surface area contributed by atoms with Crippen LogP contribution in [0.2, 0.25) is 0 Å². The topological polar surface area (TPSA) is 65.2 Å². The number of hydrogen-bond donors (Lipinski definition) is 2. The molecule has 5 nitrogen and oxygen atoms in total. The zero-order valence-corrected chi connectivity index (χ0v) is 12.3. The number of aromatic amines is 1. The van der Waals surface area contributed by atoms with Crippen molar-refractivity contribution in [2.45, 2.75) is 19.4 Å². The minimum atomic E-state index is -0.264. The highest BCUT2D eigenvalue weighted by molar-refractivity contribution is 6.04. The Hall–Kier alpha value is -2.40. The van der Waals surface area contributed by atoms with Crippen molar-refractivity contribution in [2.75, 3.05) is 18.4 Å². The Morgan fingerprint density at radius 1 is 1.23 bits per heavy atom. The maximum absolute atomic E-state index is 12.3. The predicted octanol–water partition coefficient (Wildman–Crippen LogP) is 2.22. The molecule has 0 aliphatic carbocycles. The molecule has 1 aromatic heterocycles. The number of aromatic nitrogens is 1. The summed E-state index contributed by atoms with van der Waals surface area (Å²) in [6.45, 7) is 3.11. The summed E-state index contributed by atoms with van der Waals surface area (Å²) >= 11 is 0. The largest absolute Gasteiger partial charge is 0.366 e. The molecule has 2 N–H and O–H groups in total. The number of nitrogens with zero attached hydrogens (tertiary/aromatic N) is 1. The van der Waals surface area contributed by atoms with Crippen molar-refractivity contribution in [1.29, 1.82) is 0 Å². The second-order valence-corrected chi connectivity index (χ2v) is 5.56. The lowest BCUT2D eigenvalue weighted by atomic mass is 10.1. The predicted molar refractivity (Wildman–Crippen MR) is 86.0 cm³/mol. The van der Waals surface area contributed by atoms with Crippen LogP contribution in [0, 0.1) is 0 Å². The number of likely N-dealkylation sites (tertiary alicyclic amines) is 1. The van der Waals surface area contributed by atoms with Crippen molar-refractivity contribution in [1.82, 2.24) is 9.88 Å². The first-order valence-electron chi connectivity index (χ1n) is 7.52. The number of benzene rings is 1. The molecule has 0 unspecified atom stereocenters. The number of H-pyrrole nitrogens is 1. The number of pyridine rings is 1. The number of nitrogens with one attached hydrogen (secondary N) is 2. The normalized spacial score (nSPS) is 14.9. The summed E-state index contributed by atoms with van der Waals surface area (Å²) in [5.41, 5.74) is 1.74. The second-order valence-electron chi connectivity index (χ2n) is 5.56. The SMILES string of the molecule is O=C(Nc1c[nH]ccc1=O)c1cccc(CN2CCCC2)c1. The molecule has 5 heteroatoms. The Morgan fingerprint density at radius 2 is 2.05 bits per heavy atom. The van der Waals surface area contributed by atoms with Gasteiger partial charge in [-0.25, -0.2) is 0 Å². The molecule has 1 amide bonds. The number of carbonyl (C=O) groups is 1. The Labute approximate surface area is 129 Å². The maximum Gasteiger partial charge on any atom is 0.255 e. The molecule has 2 aromatic rings. The van der Waals surface area contributed by atoms with Crippen molar-refractivity contribution in [2.24, 2.45) is 0 Å². The molecule has 0 spiro atoms. The number of amides is 1. The molecule has 22 heavy (non-hydrogen) atoms. The maximum atomic E-state index is 12.3. The van der Waals surface area contributed by atoms with Crippen LogP contribution in [0.5, 0.6) is 0 Å². The second kappa shape index (κ2) is 6.58. The fourth-order valence-corrected chi connectivity index (χ4v) is 2.72. The number of rotatable bonds is 4. The molecule has 0 atom stereocenters. The first kappa shape index (κ1) is 14.5. The summed E-state index contributed by atoms with van der Waals surface area (Å²) < 4.78 is 0. The van der Waals surface area contributed by atoms with Crippen molar-refractivity contribution >= 4 is 11.6 Å². The smallest absolute Gasteiger partial charge is 0.255 e. The highest BCUT2D eigenvalue weighted by Crippen LogP contribution is 2.14. The van der Waals surface area contributed by atoms with Gasteiger partial charge >= 0.3 is 0 Å². The molecule has 114 valence electrons. The molecule has 0 saturated carbocycles. The van der Waals surface area contributed by atoms with E-state index in [0.717, 1.165) is 25.2 Å². The van der Waals surface area contributed by atoms with E-state index in [1.54, 1.807) is 6.07 Å². The van der Waals surface area contributed by atoms with E-state index in [9.17, 15) is 9.59 Å². The van der Waals surface area contributed by atoms with Gasteiger partial charge in [0.05, 0.1) is 0 Å². The Kier molecular flexibility index (Phi) is 4.34. The van der Waals surface area contributed by atoms with E-state index in [-0.39, 0.29) is 17.0 Å². The first-order chi connectivity index (χ1) is 10.7. The molecule has 0 bridgehead atoms. The Balaban J connectivity index is 1.72. The van der Waals surface area contributed by atoms with Gasteiger partial charge in [0.25, 0.3) is 5.91 Å². The Bertz CT molecular complexity index is 718. The van der Waals surface area contributed by atoms with E-state index >= 15 is 0 Å². The van der Waals surface area contributed by atoms with Crippen molar-refractivity contribution < 1.29 is 4.79 Å². The molecular formula is C17H19N3O2. The van der Waals surface area contributed by atoms with Crippen LogP contribution in [0.25, 0.3) is 0 Å². The van der Waals surface area contributed by atoms with Crippen LogP contribution in [-0.4, -0.2) is 28.9 Å². The van der Waals surface area contributed by atoms with Crippen LogP contribution in [0.15, 0.2) is 47.5 Å². The first-order valence-corrected chi connectivity index (χ1v) is 7.52. The van der Waals surface area contributed by atoms with Crippen LogP contribution in [0.3, 0.4) is 0 Å². The molecule has 1 aliphatic rings. The van der Waals surface area contributed by atoms with Gasteiger partial charge in [-0.05, 0) is 43.6 Å². The van der Waals surface area contributed by atoms with E-state index in [2.05, 4.69) is 15.2 Å². The zero-order valence-electron chi connectivity index (χ0n) is 12.3. The van der Waals surface area contributed by atoms with Gasteiger partial charge in [0.1, 0.15) is 5.69 Å². The van der Waals surface area contributed by atoms with Crippen LogP contribution in [0.1, 0.15) is 28.8 Å². The van der Waals surface area contributed by atoms with Gasteiger partial charge in [-0.2, -0.15) is 0 Å². The molecule has 1 aliphatic heterocycles. The standard InChI is InChI=1S/C17H19N3O2/c21-16-6-7-18-11-15(16)19-17(22)14-5-3-4-13(10-14)12-20-8-1-2-9-20/h3-7,10-11H,1-2,8-9,12H2,(H,18,21)(H,19,22). The minimum Gasteiger partial charge on any atom is -0.366 e.